The summed E-state index contributed by atoms with van der Waals surface area (Å²) in [5.74, 6) is 0.0644. The maximum absolute atomic E-state index is 11.5. The van der Waals surface area contributed by atoms with Crippen LogP contribution in [0.1, 0.15) is 19.6 Å². The Morgan fingerprint density at radius 2 is 2.35 bits per heavy atom. The molecule has 0 saturated heterocycles. The fraction of sp³-hybridized carbons (Fsp3) is 0.364. The molecule has 9 nitrogen and oxygen atoms in total. The molecule has 1 aliphatic heterocycles. The summed E-state index contributed by atoms with van der Waals surface area (Å²) in [5.41, 5.74) is 0. The van der Waals surface area contributed by atoms with Crippen LogP contribution in [-0.2, 0) is 4.74 Å². The van der Waals surface area contributed by atoms with Crippen molar-refractivity contribution in [1.82, 2.24) is 5.01 Å². The van der Waals surface area contributed by atoms with Crippen LogP contribution in [0.4, 0.5) is 10.7 Å². The average molecular weight is 280 g/mol. The number of carbonyl (C=O) groups is 1. The maximum atomic E-state index is 11.5. The number of nitro groups is 1. The summed E-state index contributed by atoms with van der Waals surface area (Å²) in [5, 5.41) is 15.4. The highest BCUT2D eigenvalue weighted by molar-refractivity contribution is 5.98. The van der Waals surface area contributed by atoms with E-state index in [0.717, 1.165) is 5.01 Å². The van der Waals surface area contributed by atoms with Gasteiger partial charge >= 0.3 is 11.9 Å². The lowest BCUT2D eigenvalue weighted by Gasteiger charge is -2.09. The van der Waals surface area contributed by atoms with Gasteiger partial charge in [-0.05, 0) is 19.9 Å². The maximum Gasteiger partial charge on any atom is 0.433 e. The van der Waals surface area contributed by atoms with Gasteiger partial charge in [-0.25, -0.2) is 9.80 Å². The molecule has 1 aromatic rings. The standard InChI is InChI=1S/C11H12N4O5/c1-7(2)19-9-6-14(11(16)13-9)12-5-8-3-4-10(20-8)15(17)18/h3-5,7H,6H2,1-2H3. The van der Waals surface area contributed by atoms with Crippen molar-refractivity contribution in [2.45, 2.75) is 20.0 Å². The van der Waals surface area contributed by atoms with Crippen molar-refractivity contribution in [1.29, 1.82) is 0 Å². The van der Waals surface area contributed by atoms with Crippen LogP contribution < -0.4 is 0 Å². The van der Waals surface area contributed by atoms with Gasteiger partial charge in [0.2, 0.25) is 5.90 Å². The molecule has 9 heteroatoms. The molecule has 20 heavy (non-hydrogen) atoms. The molecule has 0 N–H and O–H groups in total. The number of urea groups is 1. The van der Waals surface area contributed by atoms with Gasteiger partial charge in [-0.15, -0.1) is 0 Å². The second-order valence-corrected chi connectivity index (χ2v) is 4.19. The van der Waals surface area contributed by atoms with Gasteiger partial charge in [-0.3, -0.25) is 10.1 Å². The van der Waals surface area contributed by atoms with E-state index in [9.17, 15) is 14.9 Å². The minimum absolute atomic E-state index is 0.0850. The number of furan rings is 1. The third kappa shape index (κ3) is 3.19. The van der Waals surface area contributed by atoms with Gasteiger partial charge in [-0.2, -0.15) is 10.1 Å². The number of ether oxygens (including phenoxy) is 1. The van der Waals surface area contributed by atoms with E-state index in [1.165, 1.54) is 18.3 Å². The molecule has 106 valence electrons. The van der Waals surface area contributed by atoms with E-state index >= 15 is 0 Å². The topological polar surface area (TPSA) is 111 Å². The van der Waals surface area contributed by atoms with E-state index in [4.69, 9.17) is 9.15 Å². The summed E-state index contributed by atoms with van der Waals surface area (Å²) in [4.78, 5) is 25.0. The third-order valence-electron chi connectivity index (χ3n) is 2.21. The van der Waals surface area contributed by atoms with Crippen molar-refractivity contribution >= 4 is 24.0 Å². The van der Waals surface area contributed by atoms with E-state index in [-0.39, 0.29) is 30.2 Å². The average Bonchev–Trinajstić information content (AvgIpc) is 2.93. The molecule has 2 heterocycles. The zero-order valence-corrected chi connectivity index (χ0v) is 10.8. The minimum Gasteiger partial charge on any atom is -0.477 e. The van der Waals surface area contributed by atoms with Gasteiger partial charge in [0.25, 0.3) is 0 Å². The van der Waals surface area contributed by atoms with Gasteiger partial charge in [0.05, 0.1) is 18.4 Å². The first-order chi connectivity index (χ1) is 9.45. The molecule has 0 radical (unpaired) electrons. The van der Waals surface area contributed by atoms with Crippen molar-refractivity contribution in [2.24, 2.45) is 10.1 Å². The van der Waals surface area contributed by atoms with E-state index in [0.29, 0.717) is 0 Å². The van der Waals surface area contributed by atoms with Crippen molar-refractivity contribution in [3.8, 4) is 0 Å². The molecule has 0 atom stereocenters. The highest BCUT2D eigenvalue weighted by Crippen LogP contribution is 2.14. The number of hydrazone groups is 1. The van der Waals surface area contributed by atoms with Crippen molar-refractivity contribution < 1.29 is 18.9 Å². The van der Waals surface area contributed by atoms with Crippen LogP contribution in [0.2, 0.25) is 0 Å². The Labute approximate surface area is 113 Å². The number of nitrogens with zero attached hydrogens (tertiary/aromatic N) is 4. The molecule has 0 fully saturated rings. The highest BCUT2D eigenvalue weighted by atomic mass is 16.6. The van der Waals surface area contributed by atoms with Crippen LogP contribution in [0, 0.1) is 10.1 Å². The summed E-state index contributed by atoms with van der Waals surface area (Å²) >= 11 is 0. The molecule has 0 aliphatic carbocycles. The number of rotatable bonds is 4. The number of amides is 2. The van der Waals surface area contributed by atoms with E-state index in [1.807, 2.05) is 13.8 Å². The highest BCUT2D eigenvalue weighted by Gasteiger charge is 2.24. The predicted octanol–water partition coefficient (Wildman–Crippen LogP) is 1.78. The van der Waals surface area contributed by atoms with E-state index < -0.39 is 11.0 Å². The molecule has 2 amide bonds. The molecule has 0 aromatic carbocycles. The fourth-order valence-corrected chi connectivity index (χ4v) is 1.46. The molecule has 0 spiro atoms. The zero-order chi connectivity index (χ0) is 14.7. The third-order valence-corrected chi connectivity index (χ3v) is 2.21. The molecule has 0 saturated carbocycles. The number of aliphatic imine (C=N–C) groups is 1. The quantitative estimate of drug-likeness (QED) is 0.474. The monoisotopic (exact) mass is 280 g/mol. The lowest BCUT2D eigenvalue weighted by Crippen LogP contribution is -2.23. The van der Waals surface area contributed by atoms with E-state index in [2.05, 4.69) is 10.1 Å². The molecule has 0 bridgehead atoms. The lowest BCUT2D eigenvalue weighted by molar-refractivity contribution is -0.402. The Morgan fingerprint density at radius 3 is 2.95 bits per heavy atom. The Morgan fingerprint density at radius 1 is 1.60 bits per heavy atom. The lowest BCUT2D eigenvalue weighted by atomic mass is 10.5. The van der Waals surface area contributed by atoms with Crippen molar-refractivity contribution in [2.75, 3.05) is 6.54 Å². The Balaban J connectivity index is 1.99. The molecule has 1 aromatic heterocycles. The number of carbonyl (C=O) groups excluding carboxylic acids is 1. The smallest absolute Gasteiger partial charge is 0.433 e. The van der Waals surface area contributed by atoms with Crippen LogP contribution in [-0.4, -0.2) is 40.7 Å². The Kier molecular flexibility index (Phi) is 3.78. The molecule has 1 aliphatic rings. The molecular formula is C11H12N4O5. The van der Waals surface area contributed by atoms with Gasteiger partial charge in [0.15, 0.2) is 5.76 Å². The normalized spacial score (nSPS) is 15.2. The van der Waals surface area contributed by atoms with Gasteiger partial charge in [-0.1, -0.05) is 0 Å². The summed E-state index contributed by atoms with van der Waals surface area (Å²) < 4.78 is 10.2. The van der Waals surface area contributed by atoms with Crippen LogP contribution in [0.25, 0.3) is 0 Å². The molecular weight excluding hydrogens is 268 g/mol. The first-order valence-electron chi connectivity index (χ1n) is 5.79. The summed E-state index contributed by atoms with van der Waals surface area (Å²) in [6, 6.07) is 2.03. The van der Waals surface area contributed by atoms with E-state index in [1.54, 1.807) is 0 Å². The Bertz CT molecular complexity index is 589. The summed E-state index contributed by atoms with van der Waals surface area (Å²) in [6.07, 6.45) is 1.12. The fourth-order valence-electron chi connectivity index (χ4n) is 1.46. The second-order valence-electron chi connectivity index (χ2n) is 4.19. The molecule has 0 unspecified atom stereocenters. The number of hydrogen-bond donors (Lipinski definition) is 0. The van der Waals surface area contributed by atoms with Gasteiger partial charge in [0, 0.05) is 0 Å². The SMILES string of the molecule is CC(C)OC1=NC(=O)N(N=Cc2ccc([N+](=O)[O-])o2)C1. The minimum atomic E-state index is -0.657. The zero-order valence-electron chi connectivity index (χ0n) is 10.8. The summed E-state index contributed by atoms with van der Waals surface area (Å²) in [6.45, 7) is 3.76. The first kappa shape index (κ1) is 13.7. The van der Waals surface area contributed by atoms with Crippen LogP contribution >= 0.6 is 0 Å². The number of hydrogen-bond acceptors (Lipinski definition) is 6. The van der Waals surface area contributed by atoms with Crippen molar-refractivity contribution in [3.63, 3.8) is 0 Å². The first-order valence-corrected chi connectivity index (χ1v) is 5.79. The van der Waals surface area contributed by atoms with Crippen LogP contribution in [0.5, 0.6) is 0 Å². The second kappa shape index (κ2) is 5.51. The van der Waals surface area contributed by atoms with Crippen LogP contribution in [0.3, 0.4) is 0 Å². The molecule has 2 rings (SSSR count). The van der Waals surface area contributed by atoms with Gasteiger partial charge in [0.1, 0.15) is 11.5 Å². The Hall–Kier alpha value is -2.71. The largest absolute Gasteiger partial charge is 0.477 e. The van der Waals surface area contributed by atoms with Crippen LogP contribution in [0.15, 0.2) is 26.6 Å². The summed E-state index contributed by atoms with van der Waals surface area (Å²) in [7, 11) is 0. The predicted molar refractivity (Wildman–Crippen MR) is 68.7 cm³/mol. The van der Waals surface area contributed by atoms with Gasteiger partial charge < -0.3 is 9.15 Å². The van der Waals surface area contributed by atoms with Crippen molar-refractivity contribution in [3.05, 3.63) is 28.0 Å².